The van der Waals surface area contributed by atoms with Gasteiger partial charge in [-0.15, -0.1) is 0 Å². The SMILES string of the molecule is COC#[C][Sn]([c]1ccccc1)([c]1ccccc1)[c]1ccccc1. The predicted octanol–water partition coefficient (Wildman–Crippen LogP) is 2.30. The Hall–Kier alpha value is -2.18. The van der Waals surface area contributed by atoms with Crippen LogP contribution in [0.15, 0.2) is 91.0 Å². The molecule has 0 unspecified atom stereocenters. The first kappa shape index (κ1) is 15.7. The average Bonchev–Trinajstić information content (AvgIpc) is 2.65. The van der Waals surface area contributed by atoms with Gasteiger partial charge in [0, 0.05) is 0 Å². The molecule has 1 nitrogen and oxygen atoms in total. The number of benzene rings is 3. The third kappa shape index (κ3) is 3.13. The summed E-state index contributed by atoms with van der Waals surface area (Å²) in [4.78, 5) is 0. The van der Waals surface area contributed by atoms with E-state index in [9.17, 15) is 0 Å². The molecule has 23 heavy (non-hydrogen) atoms. The molecule has 0 fully saturated rings. The molecule has 3 aromatic carbocycles. The first-order valence-electron chi connectivity index (χ1n) is 7.59. The molecule has 3 rings (SSSR count). The van der Waals surface area contributed by atoms with E-state index in [1.165, 1.54) is 10.7 Å². The minimum atomic E-state index is -3.39. The molecule has 0 aliphatic rings. The Morgan fingerprint density at radius 2 is 0.957 bits per heavy atom. The van der Waals surface area contributed by atoms with Gasteiger partial charge >= 0.3 is 142 Å². The standard InChI is InChI=1S/3C6H5.C3H3O.Sn/c3*1-2-4-6-5-3-1;1-3-4-2;/h3*1-5H;2H3;. The van der Waals surface area contributed by atoms with Crippen molar-refractivity contribution >= 4 is 29.1 Å². The quantitative estimate of drug-likeness (QED) is 0.480. The summed E-state index contributed by atoms with van der Waals surface area (Å²) in [6.45, 7) is 0. The van der Waals surface area contributed by atoms with Crippen LogP contribution in [0, 0.1) is 10.0 Å². The van der Waals surface area contributed by atoms with Crippen LogP contribution in [0.2, 0.25) is 0 Å². The average molecular weight is 405 g/mol. The van der Waals surface area contributed by atoms with Crippen LogP contribution in [0.1, 0.15) is 0 Å². The Labute approximate surface area is 141 Å². The van der Waals surface area contributed by atoms with Gasteiger partial charge in [-0.3, -0.25) is 0 Å². The summed E-state index contributed by atoms with van der Waals surface area (Å²) in [5.74, 6) is 0. The molecular weight excluding hydrogens is 387 g/mol. The Bertz CT molecular complexity index is 705. The molecule has 3 aromatic rings. The second-order valence-electron chi connectivity index (χ2n) is 5.28. The van der Waals surface area contributed by atoms with Crippen molar-refractivity contribution in [3.63, 3.8) is 0 Å². The molecule has 0 aliphatic carbocycles. The van der Waals surface area contributed by atoms with Gasteiger partial charge in [0.1, 0.15) is 0 Å². The van der Waals surface area contributed by atoms with E-state index in [4.69, 9.17) is 4.74 Å². The molecule has 0 aromatic heterocycles. The third-order valence-electron chi connectivity index (χ3n) is 3.96. The minimum absolute atomic E-state index is 1.34. The van der Waals surface area contributed by atoms with Crippen molar-refractivity contribution in [2.45, 2.75) is 0 Å². The van der Waals surface area contributed by atoms with Crippen LogP contribution >= 0.6 is 0 Å². The molecule has 0 aliphatic heterocycles. The molecule has 0 N–H and O–H groups in total. The van der Waals surface area contributed by atoms with E-state index >= 15 is 0 Å². The van der Waals surface area contributed by atoms with Gasteiger partial charge in [0.2, 0.25) is 0 Å². The monoisotopic (exact) mass is 406 g/mol. The van der Waals surface area contributed by atoms with Crippen LogP contribution in [0.3, 0.4) is 0 Å². The van der Waals surface area contributed by atoms with Crippen molar-refractivity contribution in [1.82, 2.24) is 0 Å². The van der Waals surface area contributed by atoms with E-state index in [0.29, 0.717) is 0 Å². The molecule has 0 heterocycles. The summed E-state index contributed by atoms with van der Waals surface area (Å²) in [7, 11) is 1.63. The second kappa shape index (κ2) is 7.39. The summed E-state index contributed by atoms with van der Waals surface area (Å²) in [6, 6.07) is 32.0. The van der Waals surface area contributed by atoms with Crippen LogP contribution in [0.5, 0.6) is 0 Å². The molecule has 0 amide bonds. The first-order valence-corrected chi connectivity index (χ1v) is 13.3. The van der Waals surface area contributed by atoms with E-state index in [1.54, 1.807) is 7.11 Å². The van der Waals surface area contributed by atoms with Crippen LogP contribution < -0.4 is 10.7 Å². The van der Waals surface area contributed by atoms with Gasteiger partial charge in [-0.2, -0.15) is 0 Å². The number of methoxy groups -OCH3 is 1. The van der Waals surface area contributed by atoms with Crippen LogP contribution in [0.4, 0.5) is 0 Å². The van der Waals surface area contributed by atoms with Gasteiger partial charge in [0.05, 0.1) is 0 Å². The van der Waals surface area contributed by atoms with Crippen LogP contribution in [-0.2, 0) is 4.74 Å². The number of hydrogen-bond donors (Lipinski definition) is 0. The number of ether oxygens (including phenoxy) is 1. The van der Waals surface area contributed by atoms with Crippen LogP contribution in [-0.4, -0.2) is 25.5 Å². The predicted molar refractivity (Wildman–Crippen MR) is 98.8 cm³/mol. The molecule has 0 radical (unpaired) electrons. The van der Waals surface area contributed by atoms with Gasteiger partial charge in [0.25, 0.3) is 0 Å². The van der Waals surface area contributed by atoms with Crippen molar-refractivity contribution in [2.24, 2.45) is 0 Å². The van der Waals surface area contributed by atoms with Crippen molar-refractivity contribution in [3.8, 4) is 10.0 Å². The zero-order valence-electron chi connectivity index (χ0n) is 13.1. The molecule has 0 saturated heterocycles. The van der Waals surface area contributed by atoms with Gasteiger partial charge < -0.3 is 0 Å². The van der Waals surface area contributed by atoms with E-state index in [-0.39, 0.29) is 0 Å². The van der Waals surface area contributed by atoms with E-state index in [2.05, 4.69) is 101 Å². The zero-order valence-corrected chi connectivity index (χ0v) is 15.9. The maximum absolute atomic E-state index is 5.15. The van der Waals surface area contributed by atoms with Crippen molar-refractivity contribution in [1.29, 1.82) is 0 Å². The zero-order chi connectivity index (χ0) is 16.0. The maximum atomic E-state index is 5.15. The molecule has 0 bridgehead atoms. The summed E-state index contributed by atoms with van der Waals surface area (Å²) in [6.07, 6.45) is 2.93. The Morgan fingerprint density at radius 1 is 0.609 bits per heavy atom. The summed E-state index contributed by atoms with van der Waals surface area (Å²) < 4.78 is 12.7. The fourth-order valence-electron chi connectivity index (χ4n) is 2.91. The molecule has 112 valence electrons. The first-order chi connectivity index (χ1) is 11.4. The van der Waals surface area contributed by atoms with Crippen molar-refractivity contribution < 1.29 is 4.74 Å². The molecule has 2 heteroatoms. The Balaban J connectivity index is 2.35. The Kier molecular flexibility index (Phi) is 5.05. The molecule has 0 saturated carbocycles. The van der Waals surface area contributed by atoms with Gasteiger partial charge in [-0.1, -0.05) is 0 Å². The number of hydrogen-bond acceptors (Lipinski definition) is 1. The van der Waals surface area contributed by atoms with Crippen molar-refractivity contribution in [3.05, 3.63) is 91.0 Å². The van der Waals surface area contributed by atoms with E-state index < -0.39 is 18.4 Å². The van der Waals surface area contributed by atoms with Gasteiger partial charge in [0.15, 0.2) is 0 Å². The Morgan fingerprint density at radius 3 is 1.26 bits per heavy atom. The normalized spacial score (nSPS) is 10.5. The van der Waals surface area contributed by atoms with Gasteiger partial charge in [-0.25, -0.2) is 0 Å². The van der Waals surface area contributed by atoms with E-state index in [0.717, 1.165) is 0 Å². The third-order valence-corrected chi connectivity index (χ3v) is 15.6. The summed E-state index contributed by atoms with van der Waals surface area (Å²) >= 11 is -3.39. The molecular formula is C21H18OSn. The topological polar surface area (TPSA) is 9.23 Å². The van der Waals surface area contributed by atoms with E-state index in [1.807, 2.05) is 0 Å². The molecule has 0 spiro atoms. The number of rotatable bonds is 3. The molecule has 0 atom stereocenters. The van der Waals surface area contributed by atoms with Crippen molar-refractivity contribution in [2.75, 3.05) is 7.11 Å². The summed E-state index contributed by atoms with van der Waals surface area (Å²) in [5, 5.41) is 0. The second-order valence-corrected chi connectivity index (χ2v) is 15.2. The fraction of sp³-hybridized carbons (Fsp3) is 0.0476. The van der Waals surface area contributed by atoms with Crippen LogP contribution in [0.25, 0.3) is 0 Å². The fourth-order valence-corrected chi connectivity index (χ4v) is 13.7. The van der Waals surface area contributed by atoms with Gasteiger partial charge in [-0.05, 0) is 0 Å². The summed E-state index contributed by atoms with van der Waals surface area (Å²) in [5.41, 5.74) is 0.